The van der Waals surface area contributed by atoms with Crippen molar-refractivity contribution in [1.29, 1.82) is 0 Å². The zero-order chi connectivity index (χ0) is 16.7. The van der Waals surface area contributed by atoms with Gasteiger partial charge in [0, 0.05) is 12.2 Å². The predicted octanol–water partition coefficient (Wildman–Crippen LogP) is 1.60. The summed E-state index contributed by atoms with van der Waals surface area (Å²) in [7, 11) is 0. The summed E-state index contributed by atoms with van der Waals surface area (Å²) in [4.78, 5) is 23.6. The molecular weight excluding hydrogens is 296 g/mol. The zero-order valence-corrected chi connectivity index (χ0v) is 13.0. The van der Waals surface area contributed by atoms with Crippen LogP contribution in [-0.2, 0) is 11.3 Å². The van der Waals surface area contributed by atoms with Gasteiger partial charge in [0.1, 0.15) is 0 Å². The fourth-order valence-corrected chi connectivity index (χ4v) is 1.94. The van der Waals surface area contributed by atoms with Gasteiger partial charge in [-0.05, 0) is 18.6 Å². The van der Waals surface area contributed by atoms with Crippen LogP contribution in [0.5, 0.6) is 0 Å². The lowest BCUT2D eigenvalue weighted by Crippen LogP contribution is -2.13. The van der Waals surface area contributed by atoms with Crippen LogP contribution in [0.2, 0.25) is 0 Å². The summed E-state index contributed by atoms with van der Waals surface area (Å²) in [6, 6.07) is 7.18. The van der Waals surface area contributed by atoms with E-state index in [1.165, 1.54) is 0 Å². The van der Waals surface area contributed by atoms with Crippen LogP contribution in [0.4, 0.5) is 17.6 Å². The lowest BCUT2D eigenvalue weighted by molar-refractivity contribution is 0.0463. The summed E-state index contributed by atoms with van der Waals surface area (Å²) in [5, 5.41) is 3.23. The molecule has 0 unspecified atom stereocenters. The lowest BCUT2D eigenvalue weighted by atomic mass is 10.1. The molecule has 5 N–H and O–H groups in total. The minimum absolute atomic E-state index is 0.00909. The van der Waals surface area contributed by atoms with Crippen molar-refractivity contribution in [2.45, 2.75) is 26.4 Å². The molecule has 0 aliphatic heterocycles. The fourth-order valence-electron chi connectivity index (χ4n) is 1.94. The Labute approximate surface area is 134 Å². The number of aromatic nitrogens is 3. The number of para-hydroxylation sites is 1. The van der Waals surface area contributed by atoms with E-state index in [4.69, 9.17) is 16.2 Å². The van der Waals surface area contributed by atoms with E-state index < -0.39 is 5.97 Å². The third kappa shape index (κ3) is 4.80. The molecule has 23 heavy (non-hydrogen) atoms. The van der Waals surface area contributed by atoms with Crippen molar-refractivity contribution >= 4 is 23.6 Å². The number of hydrogen-bond acceptors (Lipinski definition) is 8. The van der Waals surface area contributed by atoms with Crippen molar-refractivity contribution in [1.82, 2.24) is 15.0 Å². The van der Waals surface area contributed by atoms with Crippen LogP contribution in [0.15, 0.2) is 24.3 Å². The van der Waals surface area contributed by atoms with E-state index in [0.717, 1.165) is 25.1 Å². The average Bonchev–Trinajstić information content (AvgIpc) is 2.52. The molecule has 0 fully saturated rings. The molecule has 8 nitrogen and oxygen atoms in total. The van der Waals surface area contributed by atoms with Crippen molar-refractivity contribution in [2.24, 2.45) is 0 Å². The number of unbranched alkanes of at least 4 members (excludes halogenated alkanes) is 1. The highest BCUT2D eigenvalue weighted by Crippen LogP contribution is 2.17. The number of nitrogens with two attached hydrogens (primary N) is 2. The molecule has 0 aliphatic rings. The van der Waals surface area contributed by atoms with Gasteiger partial charge in [0.15, 0.2) is 12.4 Å². The molecule has 1 aromatic heterocycles. The Morgan fingerprint density at radius 2 is 1.87 bits per heavy atom. The number of benzene rings is 1. The molecule has 1 heterocycles. The highest BCUT2D eigenvalue weighted by atomic mass is 16.5. The number of rotatable bonds is 7. The minimum atomic E-state index is -0.470. The van der Waals surface area contributed by atoms with Crippen molar-refractivity contribution in [3.63, 3.8) is 0 Å². The van der Waals surface area contributed by atoms with Gasteiger partial charge in [0.25, 0.3) is 0 Å². The van der Waals surface area contributed by atoms with Crippen molar-refractivity contribution in [3.8, 4) is 0 Å². The summed E-state index contributed by atoms with van der Waals surface area (Å²) in [6.45, 7) is 2.77. The number of ether oxygens (including phenoxy) is 1. The van der Waals surface area contributed by atoms with Gasteiger partial charge in [-0.2, -0.15) is 15.0 Å². The molecular formula is C15H20N6O2. The van der Waals surface area contributed by atoms with Gasteiger partial charge in [-0.1, -0.05) is 25.5 Å². The highest BCUT2D eigenvalue weighted by Gasteiger charge is 2.13. The number of esters is 1. The molecule has 0 saturated carbocycles. The first kappa shape index (κ1) is 16.5. The van der Waals surface area contributed by atoms with Gasteiger partial charge in [0.2, 0.25) is 11.9 Å². The molecule has 1 aromatic carbocycles. The summed E-state index contributed by atoms with van der Waals surface area (Å²) >= 11 is 0. The summed E-state index contributed by atoms with van der Waals surface area (Å²) in [6.07, 6.45) is 2.09. The molecule has 0 radical (unpaired) electrons. The highest BCUT2D eigenvalue weighted by molar-refractivity contribution is 5.95. The number of nitrogen functional groups attached to an aromatic ring is 2. The van der Waals surface area contributed by atoms with E-state index in [1.807, 2.05) is 12.1 Å². The van der Waals surface area contributed by atoms with Crippen LogP contribution in [0.1, 0.15) is 35.9 Å². The molecule has 0 aliphatic carbocycles. The molecule has 2 aromatic rings. The molecule has 2 rings (SSSR count). The van der Waals surface area contributed by atoms with Gasteiger partial charge in [-0.25, -0.2) is 4.79 Å². The van der Waals surface area contributed by atoms with Gasteiger partial charge in [0.05, 0.1) is 5.56 Å². The largest absolute Gasteiger partial charge is 0.454 e. The van der Waals surface area contributed by atoms with Crippen molar-refractivity contribution < 1.29 is 9.53 Å². The Kier molecular flexibility index (Phi) is 5.67. The third-order valence-corrected chi connectivity index (χ3v) is 3.04. The summed E-state index contributed by atoms with van der Waals surface area (Å²) in [5.41, 5.74) is 12.1. The number of nitrogens with one attached hydrogen (secondary N) is 1. The minimum Gasteiger partial charge on any atom is -0.454 e. The predicted molar refractivity (Wildman–Crippen MR) is 87.6 cm³/mol. The smallest absolute Gasteiger partial charge is 0.340 e. The van der Waals surface area contributed by atoms with E-state index in [0.29, 0.717) is 5.56 Å². The van der Waals surface area contributed by atoms with E-state index in [1.54, 1.807) is 12.1 Å². The van der Waals surface area contributed by atoms with Crippen LogP contribution in [0, 0.1) is 0 Å². The van der Waals surface area contributed by atoms with Gasteiger partial charge < -0.3 is 21.5 Å². The van der Waals surface area contributed by atoms with E-state index in [2.05, 4.69) is 27.2 Å². The quantitative estimate of drug-likeness (QED) is 0.519. The molecule has 122 valence electrons. The maximum absolute atomic E-state index is 12.2. The Balaban J connectivity index is 2.02. The zero-order valence-electron chi connectivity index (χ0n) is 13.0. The summed E-state index contributed by atoms with van der Waals surface area (Å²) in [5.74, 6) is -0.280. The monoisotopic (exact) mass is 316 g/mol. The average molecular weight is 316 g/mol. The lowest BCUT2D eigenvalue weighted by Gasteiger charge is -2.11. The third-order valence-electron chi connectivity index (χ3n) is 3.04. The molecule has 0 spiro atoms. The molecule has 8 heteroatoms. The number of nitrogens with zero attached hydrogens (tertiary/aromatic N) is 3. The molecule has 0 amide bonds. The van der Waals surface area contributed by atoms with Crippen LogP contribution >= 0.6 is 0 Å². The Morgan fingerprint density at radius 3 is 2.57 bits per heavy atom. The first-order valence-electron chi connectivity index (χ1n) is 7.36. The number of carbonyl (C=O) groups excluding carboxylic acids is 1. The van der Waals surface area contributed by atoms with Crippen LogP contribution in [0.25, 0.3) is 0 Å². The standard InChI is InChI=1S/C15H20N6O2/c1-2-3-8-18-11-7-5-4-6-10(11)13(22)23-9-12-19-14(16)21-15(17)20-12/h4-7,18H,2-3,8-9H2,1H3,(H4,16,17,19,20,21). The van der Waals surface area contributed by atoms with Crippen LogP contribution < -0.4 is 16.8 Å². The first-order chi connectivity index (χ1) is 11.1. The van der Waals surface area contributed by atoms with Gasteiger partial charge in [-0.15, -0.1) is 0 Å². The topological polar surface area (TPSA) is 129 Å². The molecule has 0 bridgehead atoms. The first-order valence-corrected chi connectivity index (χ1v) is 7.36. The van der Waals surface area contributed by atoms with Gasteiger partial charge >= 0.3 is 5.97 Å². The number of hydrogen-bond donors (Lipinski definition) is 3. The second kappa shape index (κ2) is 7.92. The van der Waals surface area contributed by atoms with Crippen LogP contribution in [-0.4, -0.2) is 27.5 Å². The van der Waals surface area contributed by atoms with Crippen LogP contribution in [0.3, 0.4) is 0 Å². The normalized spacial score (nSPS) is 10.3. The second-order valence-corrected chi connectivity index (χ2v) is 4.87. The van der Waals surface area contributed by atoms with Crippen molar-refractivity contribution in [3.05, 3.63) is 35.7 Å². The van der Waals surface area contributed by atoms with E-state index in [-0.39, 0.29) is 24.3 Å². The Hall–Kier alpha value is -2.90. The maximum atomic E-state index is 12.2. The van der Waals surface area contributed by atoms with Gasteiger partial charge in [-0.3, -0.25) is 0 Å². The number of carbonyl (C=O) groups is 1. The fraction of sp³-hybridized carbons (Fsp3) is 0.333. The Morgan fingerprint density at radius 1 is 1.17 bits per heavy atom. The number of anilines is 3. The Bertz CT molecular complexity index is 657. The SMILES string of the molecule is CCCCNc1ccccc1C(=O)OCc1nc(N)nc(N)n1. The van der Waals surface area contributed by atoms with Crippen molar-refractivity contribution in [2.75, 3.05) is 23.3 Å². The molecule has 0 saturated heterocycles. The second-order valence-electron chi connectivity index (χ2n) is 4.87. The van der Waals surface area contributed by atoms with E-state index >= 15 is 0 Å². The summed E-state index contributed by atoms with van der Waals surface area (Å²) < 4.78 is 5.23. The molecule has 0 atom stereocenters. The van der Waals surface area contributed by atoms with E-state index in [9.17, 15) is 4.79 Å². The maximum Gasteiger partial charge on any atom is 0.340 e.